The van der Waals surface area contributed by atoms with Crippen LogP contribution in [-0.4, -0.2) is 18.0 Å². The highest BCUT2D eigenvalue weighted by Crippen LogP contribution is 2.14. The van der Waals surface area contributed by atoms with Crippen molar-refractivity contribution in [1.29, 1.82) is 15.8 Å². The van der Waals surface area contributed by atoms with Crippen LogP contribution in [-0.2, 0) is 6.54 Å². The monoisotopic (exact) mass is 228 g/mol. The number of halogens is 1. The topological polar surface area (TPSA) is 74.6 Å². The third kappa shape index (κ3) is 3.28. The fraction of sp³-hybridized carbons (Fsp3) is 0.250. The van der Waals surface area contributed by atoms with Crippen LogP contribution in [0, 0.1) is 39.8 Å². The maximum absolute atomic E-state index is 13.7. The molecule has 17 heavy (non-hydrogen) atoms. The van der Waals surface area contributed by atoms with E-state index < -0.39 is 5.82 Å². The van der Waals surface area contributed by atoms with E-state index in [2.05, 4.69) is 0 Å². The first-order valence-corrected chi connectivity index (χ1v) is 4.86. The molecule has 0 aliphatic carbocycles. The molecular formula is C12H9FN4. The molecule has 0 fully saturated rings. The van der Waals surface area contributed by atoms with Crippen molar-refractivity contribution in [3.63, 3.8) is 0 Å². The molecule has 0 heterocycles. The highest BCUT2D eigenvalue weighted by atomic mass is 19.1. The molecule has 4 nitrogen and oxygen atoms in total. The molecule has 0 amide bonds. The van der Waals surface area contributed by atoms with Gasteiger partial charge in [-0.25, -0.2) is 4.39 Å². The van der Waals surface area contributed by atoms with Gasteiger partial charge < -0.3 is 0 Å². The normalized spacial score (nSPS) is 9.35. The van der Waals surface area contributed by atoms with E-state index >= 15 is 0 Å². The molecule has 0 unspecified atom stereocenters. The van der Waals surface area contributed by atoms with Gasteiger partial charge in [0.05, 0.1) is 30.8 Å². The summed E-state index contributed by atoms with van der Waals surface area (Å²) in [4.78, 5) is 1.50. The molecule has 5 heteroatoms. The molecule has 0 saturated carbocycles. The summed E-state index contributed by atoms with van der Waals surface area (Å²) in [5.41, 5.74) is 0.283. The Hall–Kier alpha value is -2.42. The summed E-state index contributed by atoms with van der Waals surface area (Å²) in [5, 5.41) is 25.8. The van der Waals surface area contributed by atoms with Crippen LogP contribution in [0.15, 0.2) is 18.2 Å². The zero-order chi connectivity index (χ0) is 12.7. The van der Waals surface area contributed by atoms with Gasteiger partial charge in [-0.2, -0.15) is 15.8 Å². The van der Waals surface area contributed by atoms with E-state index in [1.807, 2.05) is 12.1 Å². The van der Waals surface area contributed by atoms with Crippen LogP contribution in [0.25, 0.3) is 0 Å². The third-order valence-electron chi connectivity index (χ3n) is 2.18. The van der Waals surface area contributed by atoms with Crippen molar-refractivity contribution in [2.75, 3.05) is 13.1 Å². The third-order valence-corrected chi connectivity index (χ3v) is 2.18. The van der Waals surface area contributed by atoms with Crippen molar-refractivity contribution < 1.29 is 4.39 Å². The first-order chi connectivity index (χ1) is 8.22. The fourth-order valence-electron chi connectivity index (χ4n) is 1.40. The van der Waals surface area contributed by atoms with Gasteiger partial charge in [0, 0.05) is 12.1 Å². The Balaban J connectivity index is 2.91. The van der Waals surface area contributed by atoms with Crippen molar-refractivity contribution in [1.82, 2.24) is 4.90 Å². The molecule has 0 N–H and O–H groups in total. The lowest BCUT2D eigenvalue weighted by molar-refractivity contribution is 0.328. The standard InChI is InChI=1S/C12H9FN4/c13-12-10(8-16)2-1-3-11(12)9-17(6-4-14)7-5-15/h1-3H,6-7,9H2. The maximum atomic E-state index is 13.7. The van der Waals surface area contributed by atoms with Crippen LogP contribution in [0.1, 0.15) is 11.1 Å². The number of nitriles is 3. The van der Waals surface area contributed by atoms with Crippen molar-refractivity contribution in [2.24, 2.45) is 0 Å². The average molecular weight is 228 g/mol. The number of hydrogen-bond donors (Lipinski definition) is 0. The van der Waals surface area contributed by atoms with E-state index in [-0.39, 0.29) is 25.2 Å². The summed E-state index contributed by atoms with van der Waals surface area (Å²) in [6.07, 6.45) is 0. The van der Waals surface area contributed by atoms with Crippen molar-refractivity contribution in [3.05, 3.63) is 35.1 Å². The van der Waals surface area contributed by atoms with Crippen molar-refractivity contribution in [2.45, 2.75) is 6.54 Å². The van der Waals surface area contributed by atoms with Crippen LogP contribution in [0.5, 0.6) is 0 Å². The van der Waals surface area contributed by atoms with E-state index in [9.17, 15) is 4.39 Å². The summed E-state index contributed by atoms with van der Waals surface area (Å²) in [5.74, 6) is -0.587. The largest absolute Gasteiger partial charge is 0.273 e. The van der Waals surface area contributed by atoms with Crippen LogP contribution >= 0.6 is 0 Å². The van der Waals surface area contributed by atoms with Gasteiger partial charge in [-0.3, -0.25) is 4.90 Å². The van der Waals surface area contributed by atoms with E-state index in [0.29, 0.717) is 5.56 Å². The molecule has 1 rings (SSSR count). The van der Waals surface area contributed by atoms with Crippen molar-refractivity contribution in [3.8, 4) is 18.2 Å². The fourth-order valence-corrected chi connectivity index (χ4v) is 1.40. The summed E-state index contributed by atoms with van der Waals surface area (Å²) in [6.45, 7) is 0.232. The van der Waals surface area contributed by atoms with Gasteiger partial charge in [0.2, 0.25) is 0 Å². The van der Waals surface area contributed by atoms with Crippen molar-refractivity contribution >= 4 is 0 Å². The second kappa shape index (κ2) is 6.23. The number of rotatable bonds is 4. The number of nitrogens with zero attached hydrogens (tertiary/aromatic N) is 4. The Morgan fingerprint density at radius 2 is 1.76 bits per heavy atom. The Kier molecular flexibility index (Phi) is 4.63. The SMILES string of the molecule is N#CCN(CC#N)Cc1cccc(C#N)c1F. The van der Waals surface area contributed by atoms with Crippen LogP contribution in [0.3, 0.4) is 0 Å². The van der Waals surface area contributed by atoms with Gasteiger partial charge in [0.25, 0.3) is 0 Å². The Bertz CT molecular complexity index is 503. The molecule has 0 bridgehead atoms. The minimum Gasteiger partial charge on any atom is -0.273 e. The summed E-state index contributed by atoms with van der Waals surface area (Å²) in [7, 11) is 0. The molecule has 0 radical (unpaired) electrons. The summed E-state index contributed by atoms with van der Waals surface area (Å²) in [6, 6.07) is 10.1. The Labute approximate surface area is 98.7 Å². The molecule has 0 aromatic heterocycles. The van der Waals surface area contributed by atoms with Crippen LogP contribution < -0.4 is 0 Å². The molecule has 0 spiro atoms. The van der Waals surface area contributed by atoms with E-state index in [4.69, 9.17) is 15.8 Å². The molecule has 0 saturated heterocycles. The minimum atomic E-state index is -0.587. The number of benzene rings is 1. The smallest absolute Gasteiger partial charge is 0.145 e. The lowest BCUT2D eigenvalue weighted by Gasteiger charge is -2.15. The molecule has 84 valence electrons. The highest BCUT2D eigenvalue weighted by Gasteiger charge is 2.11. The van der Waals surface area contributed by atoms with Gasteiger partial charge in [0.15, 0.2) is 0 Å². The minimum absolute atomic E-state index is 0.0311. The molecule has 0 atom stereocenters. The highest BCUT2D eigenvalue weighted by molar-refractivity contribution is 5.34. The summed E-state index contributed by atoms with van der Waals surface area (Å²) < 4.78 is 13.7. The Morgan fingerprint density at radius 3 is 2.29 bits per heavy atom. The lowest BCUT2D eigenvalue weighted by atomic mass is 10.1. The first kappa shape index (κ1) is 12.6. The van der Waals surface area contributed by atoms with Crippen LogP contribution in [0.4, 0.5) is 4.39 Å². The zero-order valence-corrected chi connectivity index (χ0v) is 9.02. The predicted octanol–water partition coefficient (Wildman–Crippen LogP) is 1.55. The molecule has 0 aliphatic rings. The van der Waals surface area contributed by atoms with Gasteiger partial charge in [-0.05, 0) is 6.07 Å². The first-order valence-electron chi connectivity index (χ1n) is 4.86. The van der Waals surface area contributed by atoms with E-state index in [0.717, 1.165) is 0 Å². The van der Waals surface area contributed by atoms with Gasteiger partial charge in [0.1, 0.15) is 11.9 Å². The zero-order valence-electron chi connectivity index (χ0n) is 9.02. The second-order valence-corrected chi connectivity index (χ2v) is 3.35. The Morgan fingerprint density at radius 1 is 1.12 bits per heavy atom. The average Bonchev–Trinajstić information content (AvgIpc) is 2.32. The van der Waals surface area contributed by atoms with Gasteiger partial charge in [-0.15, -0.1) is 0 Å². The maximum Gasteiger partial charge on any atom is 0.145 e. The number of hydrogen-bond acceptors (Lipinski definition) is 4. The van der Waals surface area contributed by atoms with E-state index in [1.54, 1.807) is 12.1 Å². The quantitative estimate of drug-likeness (QED) is 0.732. The lowest BCUT2D eigenvalue weighted by Crippen LogP contribution is -2.24. The summed E-state index contributed by atoms with van der Waals surface area (Å²) >= 11 is 0. The molecular weight excluding hydrogens is 219 g/mol. The van der Waals surface area contributed by atoms with Gasteiger partial charge >= 0.3 is 0 Å². The van der Waals surface area contributed by atoms with Crippen LogP contribution in [0.2, 0.25) is 0 Å². The van der Waals surface area contributed by atoms with Gasteiger partial charge in [-0.1, -0.05) is 12.1 Å². The predicted molar refractivity (Wildman–Crippen MR) is 57.6 cm³/mol. The molecule has 1 aromatic rings. The second-order valence-electron chi connectivity index (χ2n) is 3.35. The van der Waals surface area contributed by atoms with E-state index in [1.165, 1.54) is 17.0 Å². The molecule has 1 aromatic carbocycles. The molecule has 0 aliphatic heterocycles.